The van der Waals surface area contributed by atoms with E-state index in [2.05, 4.69) is 79.4 Å². The van der Waals surface area contributed by atoms with Crippen molar-refractivity contribution in [2.24, 2.45) is 27.0 Å². The molecule has 0 atom stereocenters. The van der Waals surface area contributed by atoms with Gasteiger partial charge in [0, 0.05) is 63.3 Å². The average Bonchev–Trinajstić information content (AvgIpc) is 3.66. The summed E-state index contributed by atoms with van der Waals surface area (Å²) in [6.07, 6.45) is 0. The van der Waals surface area contributed by atoms with Gasteiger partial charge in [-0.05, 0) is 6.92 Å². The second kappa shape index (κ2) is 9.66. The van der Waals surface area contributed by atoms with Gasteiger partial charge in [-0.3, -0.25) is 4.99 Å². The Morgan fingerprint density at radius 2 is 1.19 bits per heavy atom. The molecule has 1 aliphatic rings. The lowest BCUT2D eigenvalue weighted by Crippen LogP contribution is -2.15. The van der Waals surface area contributed by atoms with Crippen molar-refractivity contribution in [1.29, 1.82) is 0 Å². The largest absolute Gasteiger partial charge is 0.327 e. The molecule has 8 nitrogen and oxygen atoms in total. The second-order valence-corrected chi connectivity index (χ2v) is 10.7. The van der Waals surface area contributed by atoms with E-state index in [9.17, 15) is 0 Å². The number of hydrogen-bond acceptors (Lipinski definition) is 4. The van der Waals surface area contributed by atoms with E-state index < -0.39 is 0 Å². The first-order valence-corrected chi connectivity index (χ1v) is 14.2. The van der Waals surface area contributed by atoms with Crippen LogP contribution in [-0.2, 0) is 7.05 Å². The highest BCUT2D eigenvalue weighted by atomic mass is 15.2. The number of benzene rings is 4. The van der Waals surface area contributed by atoms with Gasteiger partial charge in [0.05, 0.1) is 0 Å². The molecule has 0 saturated heterocycles. The maximum Gasteiger partial charge on any atom is 0.157 e. The predicted molar refractivity (Wildman–Crippen MR) is 176 cm³/mol. The SMILES string of the molecule is CN=C1N=c2[nH]c(c3ccccc23)=Nc2[nH]c(c3ccccc23)Nc2c3ccccc3c(n2C)N=C(C)c2ccccc21. The van der Waals surface area contributed by atoms with Crippen molar-refractivity contribution in [3.63, 3.8) is 0 Å². The molecule has 8 rings (SSSR count). The summed E-state index contributed by atoms with van der Waals surface area (Å²) in [7, 11) is 3.82. The van der Waals surface area contributed by atoms with E-state index >= 15 is 0 Å². The number of hydrogen-bond donors (Lipinski definition) is 3. The summed E-state index contributed by atoms with van der Waals surface area (Å²) in [6, 6.07) is 33.0. The first kappa shape index (κ1) is 25.0. The molecule has 0 unspecified atom stereocenters. The molecule has 0 radical (unpaired) electrons. The Bertz CT molecular complexity index is 2420. The number of nitrogens with one attached hydrogen (secondary N) is 3. The molecule has 0 fully saturated rings. The number of aromatic amines is 2. The molecule has 6 bridgehead atoms. The molecule has 0 amide bonds. The summed E-state index contributed by atoms with van der Waals surface area (Å²) in [5.74, 6) is 4.03. The van der Waals surface area contributed by atoms with Crippen LogP contribution in [0, 0.1) is 0 Å². The number of aliphatic imine (C=N–C) groups is 2. The van der Waals surface area contributed by atoms with Gasteiger partial charge in [-0.2, -0.15) is 0 Å². The lowest BCUT2D eigenvalue weighted by atomic mass is 10.0. The first-order valence-electron chi connectivity index (χ1n) is 14.2. The summed E-state index contributed by atoms with van der Waals surface area (Å²) in [4.78, 5) is 27.2. The molecule has 0 spiro atoms. The van der Waals surface area contributed by atoms with Gasteiger partial charge < -0.3 is 19.9 Å². The van der Waals surface area contributed by atoms with Gasteiger partial charge in [-0.1, -0.05) is 97.1 Å². The highest BCUT2D eigenvalue weighted by molar-refractivity contribution is 6.14. The monoisotopic (exact) mass is 560 g/mol. The number of rotatable bonds is 0. The fraction of sp³-hybridized carbons (Fsp3) is 0.0857. The molecule has 43 heavy (non-hydrogen) atoms. The summed E-state index contributed by atoms with van der Waals surface area (Å²) in [5, 5.41) is 9.86. The number of anilines is 2. The molecule has 1 aliphatic heterocycles. The van der Waals surface area contributed by atoms with Gasteiger partial charge in [-0.15, -0.1) is 0 Å². The number of H-pyrrole nitrogens is 2. The molecule has 0 aliphatic carbocycles. The molecule has 3 aromatic heterocycles. The predicted octanol–water partition coefficient (Wildman–Crippen LogP) is 6.99. The molecular weight excluding hydrogens is 532 g/mol. The number of nitrogens with zero attached hydrogens (tertiary/aromatic N) is 5. The number of fused-ring (bicyclic) bond motifs is 16. The van der Waals surface area contributed by atoms with Crippen LogP contribution >= 0.6 is 0 Å². The zero-order valence-corrected chi connectivity index (χ0v) is 24.0. The fourth-order valence-corrected chi connectivity index (χ4v) is 6.08. The molecule has 4 heterocycles. The van der Waals surface area contributed by atoms with Crippen LogP contribution in [-0.4, -0.2) is 33.1 Å². The van der Waals surface area contributed by atoms with E-state index in [1.54, 1.807) is 7.05 Å². The van der Waals surface area contributed by atoms with Crippen LogP contribution in [0.2, 0.25) is 0 Å². The normalized spacial score (nSPS) is 14.2. The van der Waals surface area contributed by atoms with Crippen LogP contribution in [0.15, 0.2) is 117 Å². The van der Waals surface area contributed by atoms with Crippen LogP contribution in [0.5, 0.6) is 0 Å². The van der Waals surface area contributed by atoms with E-state index in [0.29, 0.717) is 11.3 Å². The molecule has 4 aromatic carbocycles. The summed E-state index contributed by atoms with van der Waals surface area (Å²) in [6.45, 7) is 2.04. The Labute approximate surface area is 246 Å². The minimum Gasteiger partial charge on any atom is -0.327 e. The topological polar surface area (TPSA) is 98.0 Å². The van der Waals surface area contributed by atoms with Gasteiger partial charge in [0.1, 0.15) is 34.2 Å². The Morgan fingerprint density at radius 3 is 1.91 bits per heavy atom. The molecule has 0 saturated carbocycles. The van der Waals surface area contributed by atoms with Crippen molar-refractivity contribution in [3.8, 4) is 0 Å². The molecule has 3 N–H and O–H groups in total. The van der Waals surface area contributed by atoms with Crippen LogP contribution < -0.4 is 16.3 Å². The highest BCUT2D eigenvalue weighted by Crippen LogP contribution is 2.40. The minimum absolute atomic E-state index is 0.611. The van der Waals surface area contributed by atoms with Crippen molar-refractivity contribution in [3.05, 3.63) is 119 Å². The maximum absolute atomic E-state index is 5.23. The van der Waals surface area contributed by atoms with Crippen molar-refractivity contribution in [2.75, 3.05) is 12.4 Å². The molecular formula is C35H28N8. The fourth-order valence-electron chi connectivity index (χ4n) is 6.08. The van der Waals surface area contributed by atoms with E-state index in [1.165, 1.54) is 0 Å². The second-order valence-electron chi connectivity index (χ2n) is 10.7. The molecule has 208 valence electrons. The summed E-state index contributed by atoms with van der Waals surface area (Å²) >= 11 is 0. The lowest BCUT2D eigenvalue weighted by molar-refractivity contribution is 0.937. The van der Waals surface area contributed by atoms with Crippen molar-refractivity contribution in [1.82, 2.24) is 14.5 Å². The minimum atomic E-state index is 0.611. The van der Waals surface area contributed by atoms with E-state index in [-0.39, 0.29) is 0 Å². The molecule has 8 heteroatoms. The van der Waals surface area contributed by atoms with E-state index in [1.807, 2.05) is 56.4 Å². The average molecular weight is 561 g/mol. The zero-order valence-electron chi connectivity index (χ0n) is 24.0. The quantitative estimate of drug-likeness (QED) is 0.183. The van der Waals surface area contributed by atoms with Crippen molar-refractivity contribution < 1.29 is 0 Å². The highest BCUT2D eigenvalue weighted by Gasteiger charge is 2.19. The first-order chi connectivity index (χ1) is 21.1. The van der Waals surface area contributed by atoms with Gasteiger partial charge in [-0.25, -0.2) is 15.0 Å². The smallest absolute Gasteiger partial charge is 0.157 e. The Hall–Kier alpha value is -5.76. The standard InChI is InChI=1S/C35H28N8/c1-20-21-12-4-5-13-22(21)29(36-2)38-30-23-14-6-7-15-24(23)31(39-30)40-32-25-16-8-9-17-26(25)33(41-32)42-35-28-19-11-10-18-27(28)34(37-20)43(35)3/h4-19,41-42H,1-3H3,(H,36,38,39,40). The van der Waals surface area contributed by atoms with Gasteiger partial charge in [0.25, 0.3) is 0 Å². The van der Waals surface area contributed by atoms with Crippen molar-refractivity contribution in [2.45, 2.75) is 6.92 Å². The van der Waals surface area contributed by atoms with Crippen molar-refractivity contribution >= 4 is 67.1 Å². The van der Waals surface area contributed by atoms with Crippen LogP contribution in [0.1, 0.15) is 18.1 Å². The van der Waals surface area contributed by atoms with Crippen LogP contribution in [0.4, 0.5) is 23.3 Å². The third kappa shape index (κ3) is 3.91. The lowest BCUT2D eigenvalue weighted by Gasteiger charge is -2.11. The maximum atomic E-state index is 5.23. The van der Waals surface area contributed by atoms with E-state index in [4.69, 9.17) is 15.0 Å². The Morgan fingerprint density at radius 1 is 0.605 bits per heavy atom. The molecule has 7 aromatic rings. The Balaban J connectivity index is 1.51. The van der Waals surface area contributed by atoms with E-state index in [0.717, 1.165) is 77.9 Å². The van der Waals surface area contributed by atoms with Gasteiger partial charge in [0.15, 0.2) is 5.84 Å². The van der Waals surface area contributed by atoms with Gasteiger partial charge >= 0.3 is 0 Å². The van der Waals surface area contributed by atoms with Crippen LogP contribution in [0.25, 0.3) is 32.3 Å². The van der Waals surface area contributed by atoms with Crippen LogP contribution in [0.3, 0.4) is 0 Å². The zero-order chi connectivity index (χ0) is 29.1. The third-order valence-corrected chi connectivity index (χ3v) is 8.17. The Kier molecular flexibility index (Phi) is 5.62. The summed E-state index contributed by atoms with van der Waals surface area (Å²) in [5.41, 5.74) is 4.18. The number of amidine groups is 1. The van der Waals surface area contributed by atoms with Gasteiger partial charge in [0.2, 0.25) is 0 Å². The summed E-state index contributed by atoms with van der Waals surface area (Å²) < 4.78 is 2.12. The third-order valence-electron chi connectivity index (χ3n) is 8.17. The number of aromatic nitrogens is 3.